The molecule has 0 aliphatic carbocycles. The van der Waals surface area contributed by atoms with E-state index in [0.29, 0.717) is 5.56 Å². The van der Waals surface area contributed by atoms with Crippen LogP contribution in [-0.4, -0.2) is 0 Å². The molecule has 146 valence electrons. The minimum atomic E-state index is -4.39. The van der Waals surface area contributed by atoms with Crippen LogP contribution in [-0.2, 0) is 17.0 Å². The number of alkyl halides is 3. The summed E-state index contributed by atoms with van der Waals surface area (Å²) in [6.07, 6.45) is 0.921. The highest BCUT2D eigenvalue weighted by molar-refractivity contribution is 6.31. The summed E-state index contributed by atoms with van der Waals surface area (Å²) in [5.41, 5.74) is 1.98. The Morgan fingerprint density at radius 3 is 1.78 bits per heavy atom. The Labute approximate surface area is 165 Å². The standard InChI is InChI=1S/C12H14.C11H12ClF3/c1-5-10-7-6-8-11(9-10)12(2,3)4;1-10(2,3)7-4-5-9(12)8(6-7)11(13,14)15/h1,6-9H,2-4H3;4-6H,1-3H3. The first-order valence-electron chi connectivity index (χ1n) is 8.60. The van der Waals surface area contributed by atoms with Crippen LogP contribution in [0.1, 0.15) is 63.8 Å². The molecule has 0 nitrogen and oxygen atoms in total. The Hall–Kier alpha value is -1.92. The first kappa shape index (κ1) is 23.1. The quantitative estimate of drug-likeness (QED) is 0.403. The van der Waals surface area contributed by atoms with Gasteiger partial charge in [-0.05, 0) is 46.2 Å². The molecular formula is C23H26ClF3. The number of hydrogen-bond acceptors (Lipinski definition) is 0. The molecule has 0 amide bonds. The summed E-state index contributed by atoms with van der Waals surface area (Å²) in [6.45, 7) is 12.1. The second-order valence-electron chi connectivity index (χ2n) is 8.42. The molecule has 27 heavy (non-hydrogen) atoms. The highest BCUT2D eigenvalue weighted by Crippen LogP contribution is 2.37. The third-order valence-corrected chi connectivity index (χ3v) is 4.36. The van der Waals surface area contributed by atoms with E-state index < -0.39 is 11.7 Å². The third kappa shape index (κ3) is 6.96. The van der Waals surface area contributed by atoms with E-state index in [1.54, 1.807) is 6.07 Å². The molecule has 2 rings (SSSR count). The highest BCUT2D eigenvalue weighted by atomic mass is 35.5. The zero-order chi connectivity index (χ0) is 21.0. The van der Waals surface area contributed by atoms with Gasteiger partial charge in [-0.2, -0.15) is 13.2 Å². The van der Waals surface area contributed by atoms with Gasteiger partial charge in [0.1, 0.15) is 0 Å². The number of rotatable bonds is 0. The van der Waals surface area contributed by atoms with Crippen molar-refractivity contribution in [3.8, 4) is 12.3 Å². The summed E-state index contributed by atoms with van der Waals surface area (Å²) in [7, 11) is 0. The van der Waals surface area contributed by atoms with Crippen LogP contribution in [0.5, 0.6) is 0 Å². The number of benzene rings is 2. The minimum Gasteiger partial charge on any atom is -0.166 e. The molecule has 0 heterocycles. The Kier molecular flexibility index (Phi) is 7.19. The van der Waals surface area contributed by atoms with E-state index in [1.807, 2.05) is 32.9 Å². The zero-order valence-electron chi connectivity index (χ0n) is 16.6. The van der Waals surface area contributed by atoms with Crippen molar-refractivity contribution in [2.24, 2.45) is 0 Å². The summed E-state index contributed by atoms with van der Waals surface area (Å²) < 4.78 is 37.6. The van der Waals surface area contributed by atoms with Crippen LogP contribution in [0.25, 0.3) is 0 Å². The Morgan fingerprint density at radius 2 is 1.33 bits per heavy atom. The Bertz CT molecular complexity index is 813. The second-order valence-corrected chi connectivity index (χ2v) is 8.82. The van der Waals surface area contributed by atoms with Crippen LogP contribution >= 0.6 is 11.6 Å². The molecule has 2 aromatic carbocycles. The highest BCUT2D eigenvalue weighted by Gasteiger charge is 2.34. The van der Waals surface area contributed by atoms with Crippen molar-refractivity contribution < 1.29 is 13.2 Å². The van der Waals surface area contributed by atoms with Gasteiger partial charge in [-0.25, -0.2) is 0 Å². The van der Waals surface area contributed by atoms with Gasteiger partial charge in [0.25, 0.3) is 0 Å². The van der Waals surface area contributed by atoms with Gasteiger partial charge in [0, 0.05) is 5.56 Å². The molecule has 0 saturated heterocycles. The topological polar surface area (TPSA) is 0 Å². The summed E-state index contributed by atoms with van der Waals surface area (Å²) in [5, 5.41) is -0.254. The number of terminal acetylenes is 1. The predicted octanol–water partition coefficient (Wildman–Crippen LogP) is 7.62. The molecule has 0 saturated carbocycles. The normalized spacial score (nSPS) is 12.0. The molecule has 0 bridgehead atoms. The molecule has 0 spiro atoms. The van der Waals surface area contributed by atoms with E-state index in [4.69, 9.17) is 18.0 Å². The largest absolute Gasteiger partial charge is 0.417 e. The van der Waals surface area contributed by atoms with Gasteiger partial charge in [-0.1, -0.05) is 77.3 Å². The van der Waals surface area contributed by atoms with Crippen LogP contribution in [0.3, 0.4) is 0 Å². The average molecular weight is 395 g/mol. The van der Waals surface area contributed by atoms with E-state index >= 15 is 0 Å². The van der Waals surface area contributed by atoms with E-state index in [0.717, 1.165) is 11.6 Å². The molecule has 0 N–H and O–H groups in total. The first-order valence-corrected chi connectivity index (χ1v) is 8.98. The van der Waals surface area contributed by atoms with Crippen LogP contribution in [0.2, 0.25) is 5.02 Å². The van der Waals surface area contributed by atoms with Crippen LogP contribution in [0, 0.1) is 12.3 Å². The van der Waals surface area contributed by atoms with Gasteiger partial charge in [-0.15, -0.1) is 6.42 Å². The van der Waals surface area contributed by atoms with Crippen LogP contribution in [0.15, 0.2) is 42.5 Å². The van der Waals surface area contributed by atoms with Crippen molar-refractivity contribution in [2.45, 2.75) is 58.5 Å². The van der Waals surface area contributed by atoms with Crippen molar-refractivity contribution in [3.63, 3.8) is 0 Å². The molecule has 0 aromatic heterocycles. The predicted molar refractivity (Wildman–Crippen MR) is 108 cm³/mol. The Balaban J connectivity index is 0.000000277. The first-order chi connectivity index (χ1) is 12.2. The molecule has 0 aliphatic heterocycles. The van der Waals surface area contributed by atoms with Gasteiger partial charge in [0.15, 0.2) is 0 Å². The average Bonchev–Trinajstić information content (AvgIpc) is 2.53. The fourth-order valence-electron chi connectivity index (χ4n) is 2.28. The van der Waals surface area contributed by atoms with E-state index in [-0.39, 0.29) is 15.9 Å². The molecule has 0 fully saturated rings. The zero-order valence-corrected chi connectivity index (χ0v) is 17.4. The summed E-state index contributed by atoms with van der Waals surface area (Å²) in [4.78, 5) is 0. The molecule has 0 atom stereocenters. The molecule has 2 aromatic rings. The minimum absolute atomic E-state index is 0.187. The maximum Gasteiger partial charge on any atom is 0.417 e. The number of halogens is 4. The summed E-state index contributed by atoms with van der Waals surface area (Å²) in [6, 6.07) is 12.2. The fraction of sp³-hybridized carbons (Fsp3) is 0.391. The maximum absolute atomic E-state index is 12.5. The van der Waals surface area contributed by atoms with E-state index in [2.05, 4.69) is 38.8 Å². The van der Waals surface area contributed by atoms with Crippen LogP contribution in [0.4, 0.5) is 13.2 Å². The monoisotopic (exact) mass is 394 g/mol. The van der Waals surface area contributed by atoms with Gasteiger partial charge in [0.05, 0.1) is 10.6 Å². The molecule has 0 radical (unpaired) electrons. The lowest BCUT2D eigenvalue weighted by molar-refractivity contribution is -0.137. The molecule has 0 aliphatic rings. The van der Waals surface area contributed by atoms with E-state index in [9.17, 15) is 13.2 Å². The second kappa shape index (κ2) is 8.40. The van der Waals surface area contributed by atoms with Crippen molar-refractivity contribution in [1.82, 2.24) is 0 Å². The molecule has 0 unspecified atom stereocenters. The van der Waals surface area contributed by atoms with Crippen molar-refractivity contribution in [1.29, 1.82) is 0 Å². The SMILES string of the molecule is C#Cc1cccc(C(C)(C)C)c1.CC(C)(C)c1ccc(Cl)c(C(F)(F)F)c1. The number of hydrogen-bond donors (Lipinski definition) is 0. The van der Waals surface area contributed by atoms with Crippen molar-refractivity contribution in [2.75, 3.05) is 0 Å². The maximum atomic E-state index is 12.5. The van der Waals surface area contributed by atoms with Gasteiger partial charge in [-0.3, -0.25) is 0 Å². The van der Waals surface area contributed by atoms with Crippen LogP contribution < -0.4 is 0 Å². The molecule has 4 heteroatoms. The van der Waals surface area contributed by atoms with Crippen molar-refractivity contribution >= 4 is 11.6 Å². The lowest BCUT2D eigenvalue weighted by Crippen LogP contribution is -2.14. The Morgan fingerprint density at radius 1 is 0.815 bits per heavy atom. The van der Waals surface area contributed by atoms with Crippen molar-refractivity contribution in [3.05, 3.63) is 69.7 Å². The fourth-order valence-corrected chi connectivity index (χ4v) is 2.51. The smallest absolute Gasteiger partial charge is 0.166 e. The third-order valence-electron chi connectivity index (χ3n) is 4.03. The van der Waals surface area contributed by atoms with Gasteiger partial charge in [0.2, 0.25) is 0 Å². The van der Waals surface area contributed by atoms with Gasteiger partial charge < -0.3 is 0 Å². The summed E-state index contributed by atoms with van der Waals surface area (Å²) in [5.74, 6) is 2.64. The lowest BCUT2D eigenvalue weighted by Gasteiger charge is -2.21. The molecular weight excluding hydrogens is 369 g/mol. The van der Waals surface area contributed by atoms with E-state index in [1.165, 1.54) is 11.6 Å². The van der Waals surface area contributed by atoms with Gasteiger partial charge >= 0.3 is 6.18 Å². The summed E-state index contributed by atoms with van der Waals surface area (Å²) >= 11 is 5.51. The lowest BCUT2D eigenvalue weighted by atomic mass is 9.86.